The molecule has 0 bridgehead atoms. The zero-order valence-electron chi connectivity index (χ0n) is 20.0. The van der Waals surface area contributed by atoms with Crippen molar-refractivity contribution in [3.63, 3.8) is 0 Å². The molecule has 0 spiro atoms. The Balaban J connectivity index is 1.55. The number of piperidine rings is 2. The van der Waals surface area contributed by atoms with E-state index in [0.29, 0.717) is 13.1 Å². The van der Waals surface area contributed by atoms with Crippen LogP contribution in [-0.4, -0.2) is 99.5 Å². The lowest BCUT2D eigenvalue weighted by Crippen LogP contribution is -2.71. The fourth-order valence-corrected chi connectivity index (χ4v) is 7.33. The molecule has 182 valence electrons. The number of rotatable bonds is 4. The van der Waals surface area contributed by atoms with Crippen LogP contribution in [0.3, 0.4) is 0 Å². The smallest absolute Gasteiger partial charge is 0.173 e. The van der Waals surface area contributed by atoms with Gasteiger partial charge in [0.1, 0.15) is 6.17 Å². The van der Waals surface area contributed by atoms with Gasteiger partial charge < -0.3 is 10.2 Å². The normalized spacial score (nSPS) is 37.7. The Morgan fingerprint density at radius 3 is 2.09 bits per heavy atom. The lowest BCUT2D eigenvalue weighted by atomic mass is 9.98. The minimum absolute atomic E-state index is 0.221. The fraction of sp³-hybridized carbons (Fsp3) is 0.769. The summed E-state index contributed by atoms with van der Waals surface area (Å²) in [5, 5.41) is 26.9. The van der Waals surface area contributed by atoms with Crippen LogP contribution < -0.4 is 0 Å². The molecule has 4 unspecified atom stereocenters. The van der Waals surface area contributed by atoms with Crippen molar-refractivity contribution in [2.24, 2.45) is 0 Å². The quantitative estimate of drug-likeness (QED) is 0.721. The lowest BCUT2D eigenvalue weighted by molar-refractivity contribution is -0.288. The van der Waals surface area contributed by atoms with E-state index in [-0.39, 0.29) is 18.4 Å². The molecule has 6 rings (SSSR count). The summed E-state index contributed by atoms with van der Waals surface area (Å²) >= 11 is 0. The van der Waals surface area contributed by atoms with E-state index in [1.165, 1.54) is 43.2 Å². The molecule has 4 atom stereocenters. The molecule has 4 saturated heterocycles. The summed E-state index contributed by atoms with van der Waals surface area (Å²) in [6.07, 6.45) is 8.70. The second kappa shape index (κ2) is 9.19. The van der Waals surface area contributed by atoms with Gasteiger partial charge in [0.2, 0.25) is 0 Å². The van der Waals surface area contributed by atoms with E-state index < -0.39 is 5.79 Å². The van der Waals surface area contributed by atoms with Crippen molar-refractivity contribution >= 4 is 0 Å². The lowest BCUT2D eigenvalue weighted by Gasteiger charge is -2.58. The third kappa shape index (κ3) is 3.68. The summed E-state index contributed by atoms with van der Waals surface area (Å²) in [6.45, 7) is 7.72. The second-order valence-electron chi connectivity index (χ2n) is 10.8. The Labute approximate surface area is 198 Å². The van der Waals surface area contributed by atoms with Gasteiger partial charge in [0, 0.05) is 57.9 Å². The number of hydrogen-bond acceptors (Lipinski definition) is 7. The first-order valence-electron chi connectivity index (χ1n) is 13.4. The van der Waals surface area contributed by atoms with Crippen LogP contribution in [0.15, 0.2) is 24.3 Å². The van der Waals surface area contributed by atoms with Gasteiger partial charge >= 0.3 is 0 Å². The summed E-state index contributed by atoms with van der Waals surface area (Å²) in [5.41, 5.74) is 2.79. The fourth-order valence-electron chi connectivity index (χ4n) is 7.33. The third-order valence-corrected chi connectivity index (χ3v) is 8.72. The molecule has 7 nitrogen and oxygen atoms in total. The first-order valence-corrected chi connectivity index (χ1v) is 13.4. The number of aliphatic hydroxyl groups is 2. The Kier molecular flexibility index (Phi) is 6.24. The van der Waals surface area contributed by atoms with E-state index in [9.17, 15) is 10.2 Å². The zero-order chi connectivity index (χ0) is 22.4. The summed E-state index contributed by atoms with van der Waals surface area (Å²) in [6, 6.07) is 9.09. The van der Waals surface area contributed by atoms with Gasteiger partial charge in [0.05, 0.1) is 12.2 Å². The monoisotopic (exact) mass is 455 g/mol. The number of hydrogen-bond donors (Lipinski definition) is 2. The van der Waals surface area contributed by atoms with Crippen LogP contribution >= 0.6 is 0 Å². The number of aliphatic hydroxyl groups excluding tert-OH is 2. The number of benzene rings is 1. The predicted octanol–water partition coefficient (Wildman–Crippen LogP) is 2.13. The van der Waals surface area contributed by atoms with E-state index in [2.05, 4.69) is 49.0 Å². The second-order valence-corrected chi connectivity index (χ2v) is 10.8. The molecule has 0 amide bonds. The van der Waals surface area contributed by atoms with Crippen LogP contribution in [0, 0.1) is 0 Å². The van der Waals surface area contributed by atoms with Crippen molar-refractivity contribution in [2.45, 2.75) is 75.5 Å². The maximum atomic E-state index is 10.8. The molecule has 5 heterocycles. The van der Waals surface area contributed by atoms with Crippen molar-refractivity contribution in [3.05, 3.63) is 35.4 Å². The standard InChI is InChI=1S/C26H41N5O2/c32-21-9-8-15-28(19-21)26(29-18-12-22(33)20-29)24-11-3-2-10-23(24)25(27-13-6-7-14-27)31(26)30-16-4-1-5-17-30/h2-3,10-11,21-22,25,32-33H,1,4-9,12-20H2. The zero-order valence-corrected chi connectivity index (χ0v) is 20.0. The van der Waals surface area contributed by atoms with Gasteiger partial charge in [-0.15, -0.1) is 0 Å². The molecule has 0 aromatic heterocycles. The highest BCUT2D eigenvalue weighted by atomic mass is 16.3. The molecule has 2 N–H and O–H groups in total. The van der Waals surface area contributed by atoms with Crippen molar-refractivity contribution in [3.8, 4) is 0 Å². The van der Waals surface area contributed by atoms with Crippen LogP contribution in [0.25, 0.3) is 0 Å². The van der Waals surface area contributed by atoms with Crippen LogP contribution in [0.2, 0.25) is 0 Å². The Morgan fingerprint density at radius 2 is 1.36 bits per heavy atom. The first-order chi connectivity index (χ1) is 16.2. The van der Waals surface area contributed by atoms with E-state index in [4.69, 9.17) is 0 Å². The Hall–Kier alpha value is -1.06. The van der Waals surface area contributed by atoms with E-state index in [0.717, 1.165) is 58.5 Å². The highest BCUT2D eigenvalue weighted by Crippen LogP contribution is 2.54. The van der Waals surface area contributed by atoms with Crippen molar-refractivity contribution < 1.29 is 10.2 Å². The molecule has 0 radical (unpaired) electrons. The first kappa shape index (κ1) is 22.4. The van der Waals surface area contributed by atoms with Gasteiger partial charge in [-0.1, -0.05) is 30.7 Å². The predicted molar refractivity (Wildman–Crippen MR) is 128 cm³/mol. The Morgan fingerprint density at radius 1 is 0.697 bits per heavy atom. The molecule has 5 aliphatic heterocycles. The van der Waals surface area contributed by atoms with Crippen LogP contribution in [0.5, 0.6) is 0 Å². The Bertz CT molecular complexity index is 827. The molecule has 1 aromatic rings. The number of hydrazine groups is 1. The van der Waals surface area contributed by atoms with Crippen molar-refractivity contribution in [2.75, 3.05) is 52.4 Å². The van der Waals surface area contributed by atoms with Gasteiger partial charge in [-0.25, -0.2) is 5.01 Å². The summed E-state index contributed by atoms with van der Waals surface area (Å²) in [5.74, 6) is -0.444. The number of likely N-dealkylation sites (tertiary alicyclic amines) is 3. The largest absolute Gasteiger partial charge is 0.392 e. The van der Waals surface area contributed by atoms with E-state index in [1.807, 2.05) is 0 Å². The molecule has 1 aromatic carbocycles. The van der Waals surface area contributed by atoms with Gasteiger partial charge in [0.15, 0.2) is 5.79 Å². The average Bonchev–Trinajstić information content (AvgIpc) is 3.57. The maximum Gasteiger partial charge on any atom is 0.173 e. The average molecular weight is 456 g/mol. The van der Waals surface area contributed by atoms with E-state index in [1.54, 1.807) is 0 Å². The topological polar surface area (TPSA) is 56.7 Å². The molecule has 7 heteroatoms. The number of fused-ring (bicyclic) bond motifs is 1. The molecule has 0 saturated carbocycles. The SMILES string of the molecule is OC1CCCN(C2(N3CCC(O)C3)c3ccccc3C(N3CCCC3)N2N2CCCCC2)C1. The van der Waals surface area contributed by atoms with Crippen LogP contribution in [-0.2, 0) is 5.79 Å². The molecular formula is C26H41N5O2. The van der Waals surface area contributed by atoms with Crippen molar-refractivity contribution in [1.29, 1.82) is 0 Å². The minimum Gasteiger partial charge on any atom is -0.392 e. The number of nitrogens with zero attached hydrogens (tertiary/aromatic N) is 5. The van der Waals surface area contributed by atoms with Crippen LogP contribution in [0.1, 0.15) is 68.7 Å². The van der Waals surface area contributed by atoms with Crippen molar-refractivity contribution in [1.82, 2.24) is 24.7 Å². The van der Waals surface area contributed by atoms with Gasteiger partial charge in [-0.05, 0) is 50.5 Å². The molecular weight excluding hydrogens is 414 g/mol. The van der Waals surface area contributed by atoms with E-state index >= 15 is 0 Å². The minimum atomic E-state index is -0.444. The summed E-state index contributed by atoms with van der Waals surface area (Å²) < 4.78 is 0. The van der Waals surface area contributed by atoms with Gasteiger partial charge in [0.25, 0.3) is 0 Å². The third-order valence-electron chi connectivity index (χ3n) is 8.72. The maximum absolute atomic E-state index is 10.8. The van der Waals surface area contributed by atoms with Crippen LogP contribution in [0.4, 0.5) is 0 Å². The van der Waals surface area contributed by atoms with Gasteiger partial charge in [-0.3, -0.25) is 14.7 Å². The number of β-amino-alcohol motifs (C(OH)–C–C–N with tert-alkyl or cyclic N) is 2. The highest BCUT2D eigenvalue weighted by Gasteiger charge is 2.61. The molecule has 5 aliphatic rings. The molecule has 4 fully saturated rings. The molecule has 0 aliphatic carbocycles. The highest BCUT2D eigenvalue weighted by molar-refractivity contribution is 5.41. The van der Waals surface area contributed by atoms with Gasteiger partial charge in [-0.2, -0.15) is 5.01 Å². The summed E-state index contributed by atoms with van der Waals surface area (Å²) in [4.78, 5) is 7.82. The molecule has 33 heavy (non-hydrogen) atoms. The summed E-state index contributed by atoms with van der Waals surface area (Å²) in [7, 11) is 0.